The fraction of sp³-hybridized carbons (Fsp3) is 0.133. The minimum atomic E-state index is 0.186. The van der Waals surface area contributed by atoms with Gasteiger partial charge in [-0.3, -0.25) is 0 Å². The number of nitrogens with one attached hydrogen (secondary N) is 1. The van der Waals surface area contributed by atoms with Crippen molar-refractivity contribution in [3.05, 3.63) is 65.7 Å². The average Bonchev–Trinajstić information content (AvgIpc) is 2.40. The Labute approximate surface area is 102 Å². The summed E-state index contributed by atoms with van der Waals surface area (Å²) in [5.41, 5.74) is 2.90. The van der Waals surface area contributed by atoms with Crippen molar-refractivity contribution >= 4 is 5.69 Å². The summed E-state index contributed by atoms with van der Waals surface area (Å²) in [6, 6.07) is 20.1. The molecule has 2 aromatic rings. The predicted octanol–water partition coefficient (Wildman–Crippen LogP) is 3.73. The zero-order valence-corrected chi connectivity index (χ0v) is 9.72. The molecule has 0 amide bonds. The first kappa shape index (κ1) is 11.2. The number of para-hydroxylation sites is 1. The Bertz CT molecular complexity index is 526. The molecule has 2 rings (SSSR count). The van der Waals surface area contributed by atoms with Crippen LogP contribution in [0, 0.1) is 11.3 Å². The lowest BCUT2D eigenvalue weighted by Crippen LogP contribution is -2.06. The van der Waals surface area contributed by atoms with Crippen molar-refractivity contribution in [2.45, 2.75) is 13.0 Å². The van der Waals surface area contributed by atoms with Gasteiger partial charge in [0.2, 0.25) is 0 Å². The summed E-state index contributed by atoms with van der Waals surface area (Å²) in [7, 11) is 0. The number of nitrogens with zero attached hydrogens (tertiary/aromatic N) is 1. The predicted molar refractivity (Wildman–Crippen MR) is 69.6 cm³/mol. The highest BCUT2D eigenvalue weighted by Crippen LogP contribution is 2.19. The van der Waals surface area contributed by atoms with Crippen molar-refractivity contribution in [3.8, 4) is 6.07 Å². The molecule has 0 radical (unpaired) electrons. The summed E-state index contributed by atoms with van der Waals surface area (Å²) >= 11 is 0. The molecule has 0 heterocycles. The maximum absolute atomic E-state index is 8.86. The second-order valence-corrected chi connectivity index (χ2v) is 3.97. The first-order valence-corrected chi connectivity index (χ1v) is 5.61. The maximum atomic E-state index is 8.86. The Morgan fingerprint density at radius 3 is 2.53 bits per heavy atom. The van der Waals surface area contributed by atoms with Crippen LogP contribution in [0.25, 0.3) is 0 Å². The van der Waals surface area contributed by atoms with E-state index in [1.165, 1.54) is 0 Å². The van der Waals surface area contributed by atoms with Gasteiger partial charge in [0.1, 0.15) is 0 Å². The maximum Gasteiger partial charge on any atom is 0.0991 e. The van der Waals surface area contributed by atoms with E-state index in [0.717, 1.165) is 11.3 Å². The van der Waals surface area contributed by atoms with Crippen LogP contribution in [0.5, 0.6) is 0 Å². The van der Waals surface area contributed by atoms with Crippen LogP contribution in [0.4, 0.5) is 5.69 Å². The minimum absolute atomic E-state index is 0.186. The molecule has 0 fully saturated rings. The Kier molecular flexibility index (Phi) is 3.42. The highest BCUT2D eigenvalue weighted by atomic mass is 14.9. The first-order chi connectivity index (χ1) is 8.29. The lowest BCUT2D eigenvalue weighted by Gasteiger charge is -2.15. The molecule has 1 atom stereocenters. The van der Waals surface area contributed by atoms with Crippen LogP contribution in [-0.2, 0) is 0 Å². The average molecular weight is 222 g/mol. The van der Waals surface area contributed by atoms with Gasteiger partial charge in [0.25, 0.3) is 0 Å². The van der Waals surface area contributed by atoms with Crippen LogP contribution in [0.3, 0.4) is 0 Å². The first-order valence-electron chi connectivity index (χ1n) is 5.61. The highest BCUT2D eigenvalue weighted by molar-refractivity contribution is 5.45. The number of hydrogen-bond acceptors (Lipinski definition) is 2. The molecule has 0 aliphatic heterocycles. The zero-order valence-electron chi connectivity index (χ0n) is 9.72. The van der Waals surface area contributed by atoms with Gasteiger partial charge in [-0.25, -0.2) is 0 Å². The third kappa shape index (κ3) is 2.85. The van der Waals surface area contributed by atoms with Crippen molar-refractivity contribution in [1.29, 1.82) is 5.26 Å². The minimum Gasteiger partial charge on any atom is -0.379 e. The van der Waals surface area contributed by atoms with Gasteiger partial charge in [0.15, 0.2) is 0 Å². The molecule has 2 heteroatoms. The van der Waals surface area contributed by atoms with Gasteiger partial charge in [-0.2, -0.15) is 5.26 Å². The second-order valence-electron chi connectivity index (χ2n) is 3.97. The number of hydrogen-bond donors (Lipinski definition) is 1. The second kappa shape index (κ2) is 5.18. The summed E-state index contributed by atoms with van der Waals surface area (Å²) in [4.78, 5) is 0. The smallest absolute Gasteiger partial charge is 0.0991 e. The third-order valence-electron chi connectivity index (χ3n) is 2.67. The number of anilines is 1. The van der Waals surface area contributed by atoms with Crippen LogP contribution >= 0.6 is 0 Å². The summed E-state index contributed by atoms with van der Waals surface area (Å²) in [6.45, 7) is 2.09. The molecule has 0 aromatic heterocycles. The van der Waals surface area contributed by atoms with Crippen molar-refractivity contribution in [2.75, 3.05) is 5.32 Å². The van der Waals surface area contributed by atoms with E-state index in [1.807, 2.05) is 54.6 Å². The number of rotatable bonds is 3. The van der Waals surface area contributed by atoms with Gasteiger partial charge < -0.3 is 5.32 Å². The molecule has 0 bridgehead atoms. The van der Waals surface area contributed by atoms with E-state index < -0.39 is 0 Å². The molecule has 84 valence electrons. The normalized spacial score (nSPS) is 11.5. The summed E-state index contributed by atoms with van der Waals surface area (Å²) in [5, 5.41) is 12.3. The summed E-state index contributed by atoms with van der Waals surface area (Å²) in [6.07, 6.45) is 0. The topological polar surface area (TPSA) is 35.8 Å². The molecule has 0 aliphatic carbocycles. The largest absolute Gasteiger partial charge is 0.379 e. The van der Waals surface area contributed by atoms with Crippen molar-refractivity contribution in [2.24, 2.45) is 0 Å². The van der Waals surface area contributed by atoms with Crippen LogP contribution in [0.2, 0.25) is 0 Å². The summed E-state index contributed by atoms with van der Waals surface area (Å²) < 4.78 is 0. The molecule has 2 aromatic carbocycles. The van der Waals surface area contributed by atoms with Gasteiger partial charge in [0, 0.05) is 11.7 Å². The van der Waals surface area contributed by atoms with E-state index in [4.69, 9.17) is 5.26 Å². The van der Waals surface area contributed by atoms with Crippen LogP contribution < -0.4 is 5.32 Å². The van der Waals surface area contributed by atoms with E-state index in [9.17, 15) is 0 Å². The van der Waals surface area contributed by atoms with E-state index in [-0.39, 0.29) is 6.04 Å². The van der Waals surface area contributed by atoms with E-state index >= 15 is 0 Å². The summed E-state index contributed by atoms with van der Waals surface area (Å²) in [5.74, 6) is 0. The highest BCUT2D eigenvalue weighted by Gasteiger charge is 2.05. The van der Waals surface area contributed by atoms with Crippen molar-refractivity contribution in [1.82, 2.24) is 0 Å². The van der Waals surface area contributed by atoms with E-state index in [1.54, 1.807) is 0 Å². The molecule has 1 unspecified atom stereocenters. The van der Waals surface area contributed by atoms with Crippen LogP contribution in [0.1, 0.15) is 24.1 Å². The van der Waals surface area contributed by atoms with Gasteiger partial charge in [-0.15, -0.1) is 0 Å². The van der Waals surface area contributed by atoms with Crippen molar-refractivity contribution < 1.29 is 0 Å². The Morgan fingerprint density at radius 2 is 1.82 bits per heavy atom. The fourth-order valence-electron chi connectivity index (χ4n) is 1.75. The van der Waals surface area contributed by atoms with Gasteiger partial charge in [0.05, 0.1) is 11.6 Å². The van der Waals surface area contributed by atoms with Gasteiger partial charge in [-0.05, 0) is 36.8 Å². The SMILES string of the molecule is CC(Nc1ccccc1)c1cccc(C#N)c1. The van der Waals surface area contributed by atoms with Crippen LogP contribution in [0.15, 0.2) is 54.6 Å². The molecule has 0 saturated carbocycles. The molecule has 0 aliphatic rings. The lowest BCUT2D eigenvalue weighted by molar-refractivity contribution is 0.884. The van der Waals surface area contributed by atoms with Crippen molar-refractivity contribution in [3.63, 3.8) is 0 Å². The zero-order chi connectivity index (χ0) is 12.1. The quantitative estimate of drug-likeness (QED) is 0.858. The molecule has 0 spiro atoms. The van der Waals surface area contributed by atoms with E-state index in [0.29, 0.717) is 5.56 Å². The lowest BCUT2D eigenvalue weighted by atomic mass is 10.1. The monoisotopic (exact) mass is 222 g/mol. The molecule has 2 nitrogen and oxygen atoms in total. The standard InChI is InChI=1S/C15H14N2/c1-12(17-15-8-3-2-4-9-15)14-7-5-6-13(10-14)11-16/h2-10,12,17H,1H3. The van der Waals surface area contributed by atoms with Gasteiger partial charge >= 0.3 is 0 Å². The molecule has 0 saturated heterocycles. The third-order valence-corrected chi connectivity index (χ3v) is 2.67. The fourth-order valence-corrected chi connectivity index (χ4v) is 1.75. The van der Waals surface area contributed by atoms with Crippen LogP contribution in [-0.4, -0.2) is 0 Å². The molecular weight excluding hydrogens is 208 g/mol. The molecule has 1 N–H and O–H groups in total. The molecule has 17 heavy (non-hydrogen) atoms. The number of nitriles is 1. The number of benzene rings is 2. The Morgan fingerprint density at radius 1 is 1.06 bits per heavy atom. The Balaban J connectivity index is 2.15. The Hall–Kier alpha value is -2.27. The van der Waals surface area contributed by atoms with E-state index in [2.05, 4.69) is 18.3 Å². The van der Waals surface area contributed by atoms with Gasteiger partial charge in [-0.1, -0.05) is 30.3 Å². The molecular formula is C15H14N2.